The molecule has 0 saturated heterocycles. The van der Waals surface area contributed by atoms with Gasteiger partial charge in [0.15, 0.2) is 0 Å². The number of aryl methyl sites for hydroxylation is 1. The third kappa shape index (κ3) is 3.87. The fourth-order valence-electron chi connectivity index (χ4n) is 2.25. The molecule has 0 spiro atoms. The van der Waals surface area contributed by atoms with Crippen LogP contribution in [0.25, 0.3) is 0 Å². The van der Waals surface area contributed by atoms with Crippen molar-refractivity contribution in [3.63, 3.8) is 0 Å². The Bertz CT molecular complexity index is 874. The summed E-state index contributed by atoms with van der Waals surface area (Å²) >= 11 is 0.971. The zero-order valence-corrected chi connectivity index (χ0v) is 13.0. The first-order chi connectivity index (χ1) is 10.6. The predicted molar refractivity (Wildman–Crippen MR) is 95.4 cm³/mol. The van der Waals surface area contributed by atoms with E-state index in [0.717, 1.165) is 22.7 Å². The molecule has 3 aromatic rings. The molecular weight excluding hydrogens is 308 g/mol. The lowest BCUT2D eigenvalue weighted by atomic mass is 10.1. The quantitative estimate of drug-likeness (QED) is 0.738. The van der Waals surface area contributed by atoms with Crippen LogP contribution in [-0.2, 0) is 13.1 Å². The standard InChI is InChI=1S/C17H16N2O2S.CH4/c1-13-7-9-15(10-8-13)12-19-16(20)18(17(21)22-19)11-14-5-3-2-4-6-14;/h2-10H,11-12H2,1H3;1H4. The summed E-state index contributed by atoms with van der Waals surface area (Å²) in [4.78, 5) is 24.3. The van der Waals surface area contributed by atoms with Crippen LogP contribution in [0.15, 0.2) is 64.2 Å². The van der Waals surface area contributed by atoms with Crippen LogP contribution in [0.4, 0.5) is 0 Å². The molecule has 0 radical (unpaired) electrons. The molecule has 5 heteroatoms. The Kier molecular flexibility index (Phi) is 5.34. The second kappa shape index (κ2) is 7.24. The molecule has 120 valence electrons. The van der Waals surface area contributed by atoms with Gasteiger partial charge in [-0.15, -0.1) is 0 Å². The fraction of sp³-hybridized carbons (Fsp3) is 0.222. The molecule has 0 aliphatic rings. The summed E-state index contributed by atoms with van der Waals surface area (Å²) < 4.78 is 2.80. The largest absolute Gasteiger partial charge is 0.341 e. The number of hydrogen-bond donors (Lipinski definition) is 0. The maximum Gasteiger partial charge on any atom is 0.341 e. The van der Waals surface area contributed by atoms with E-state index >= 15 is 0 Å². The Hall–Kier alpha value is -2.40. The number of benzene rings is 2. The highest BCUT2D eigenvalue weighted by Gasteiger charge is 2.10. The summed E-state index contributed by atoms with van der Waals surface area (Å²) in [6.45, 7) is 2.77. The molecule has 0 atom stereocenters. The van der Waals surface area contributed by atoms with Crippen molar-refractivity contribution in [2.45, 2.75) is 27.4 Å². The van der Waals surface area contributed by atoms with Crippen molar-refractivity contribution in [1.29, 1.82) is 0 Å². The van der Waals surface area contributed by atoms with Crippen molar-refractivity contribution in [1.82, 2.24) is 8.52 Å². The average molecular weight is 328 g/mol. The monoisotopic (exact) mass is 328 g/mol. The normalized spacial score (nSPS) is 10.3. The molecule has 0 N–H and O–H groups in total. The Morgan fingerprint density at radius 1 is 0.870 bits per heavy atom. The van der Waals surface area contributed by atoms with Crippen molar-refractivity contribution in [3.05, 3.63) is 91.4 Å². The average Bonchev–Trinajstić information content (AvgIpc) is 2.78. The van der Waals surface area contributed by atoms with E-state index in [2.05, 4.69) is 0 Å². The fourth-order valence-corrected chi connectivity index (χ4v) is 3.07. The van der Waals surface area contributed by atoms with Gasteiger partial charge >= 0.3 is 10.6 Å². The molecule has 0 amide bonds. The molecule has 3 rings (SSSR count). The van der Waals surface area contributed by atoms with Gasteiger partial charge in [-0.3, -0.25) is 4.79 Å². The summed E-state index contributed by atoms with van der Waals surface area (Å²) in [7, 11) is 0. The first-order valence-corrected chi connectivity index (χ1v) is 7.81. The molecule has 0 saturated carbocycles. The minimum absolute atomic E-state index is 0. The minimum Gasteiger partial charge on any atom is -0.255 e. The van der Waals surface area contributed by atoms with E-state index in [0.29, 0.717) is 13.1 Å². The van der Waals surface area contributed by atoms with E-state index in [1.165, 1.54) is 14.1 Å². The van der Waals surface area contributed by atoms with Crippen LogP contribution in [0.2, 0.25) is 0 Å². The summed E-state index contributed by atoms with van der Waals surface area (Å²) in [5.41, 5.74) is 2.88. The van der Waals surface area contributed by atoms with Gasteiger partial charge in [0.2, 0.25) is 0 Å². The molecule has 0 bridgehead atoms. The van der Waals surface area contributed by atoms with Crippen LogP contribution < -0.4 is 10.6 Å². The van der Waals surface area contributed by atoms with Gasteiger partial charge in [0.1, 0.15) is 0 Å². The van der Waals surface area contributed by atoms with Gasteiger partial charge in [0.05, 0.1) is 13.1 Å². The van der Waals surface area contributed by atoms with E-state index in [1.807, 2.05) is 61.5 Å². The van der Waals surface area contributed by atoms with Crippen LogP contribution in [0.5, 0.6) is 0 Å². The van der Waals surface area contributed by atoms with Crippen molar-refractivity contribution in [2.24, 2.45) is 0 Å². The SMILES string of the molecule is C.Cc1ccc(Cn2sc(=O)n(Cc3ccccc3)c2=O)cc1. The molecule has 23 heavy (non-hydrogen) atoms. The lowest BCUT2D eigenvalue weighted by molar-refractivity contribution is 0.685. The maximum absolute atomic E-state index is 12.4. The molecule has 1 heterocycles. The lowest BCUT2D eigenvalue weighted by Crippen LogP contribution is -2.29. The van der Waals surface area contributed by atoms with Crippen LogP contribution in [-0.4, -0.2) is 8.52 Å². The Balaban J connectivity index is 0.00000192. The minimum atomic E-state index is -0.251. The van der Waals surface area contributed by atoms with Crippen molar-refractivity contribution in [2.75, 3.05) is 0 Å². The van der Waals surface area contributed by atoms with E-state index in [9.17, 15) is 9.59 Å². The molecule has 4 nitrogen and oxygen atoms in total. The van der Waals surface area contributed by atoms with Crippen molar-refractivity contribution < 1.29 is 0 Å². The van der Waals surface area contributed by atoms with Crippen molar-refractivity contribution >= 4 is 11.5 Å². The van der Waals surface area contributed by atoms with Crippen LogP contribution in [0, 0.1) is 6.92 Å². The topological polar surface area (TPSA) is 44.0 Å². The van der Waals surface area contributed by atoms with Gasteiger partial charge in [-0.2, -0.15) is 0 Å². The van der Waals surface area contributed by atoms with Gasteiger partial charge in [-0.25, -0.2) is 13.3 Å². The Morgan fingerprint density at radius 3 is 2.13 bits per heavy atom. The van der Waals surface area contributed by atoms with Crippen LogP contribution in [0.1, 0.15) is 24.1 Å². The molecule has 2 aromatic carbocycles. The smallest absolute Gasteiger partial charge is 0.255 e. The zero-order valence-electron chi connectivity index (χ0n) is 12.2. The molecule has 1 aromatic heterocycles. The van der Waals surface area contributed by atoms with E-state index in [4.69, 9.17) is 0 Å². The molecule has 0 aliphatic heterocycles. The second-order valence-corrected chi connectivity index (χ2v) is 6.21. The number of hydrogen-bond acceptors (Lipinski definition) is 3. The first-order valence-electron chi connectivity index (χ1n) is 7.04. The molecule has 0 aliphatic carbocycles. The first kappa shape index (κ1) is 17.0. The van der Waals surface area contributed by atoms with Gasteiger partial charge < -0.3 is 0 Å². The van der Waals surface area contributed by atoms with Gasteiger partial charge in [-0.1, -0.05) is 67.6 Å². The predicted octanol–water partition coefficient (Wildman–Crippen LogP) is 3.11. The highest BCUT2D eigenvalue weighted by Crippen LogP contribution is 2.06. The summed E-state index contributed by atoms with van der Waals surface area (Å²) in [5.74, 6) is 0. The highest BCUT2D eigenvalue weighted by molar-refractivity contribution is 7.03. The van der Waals surface area contributed by atoms with E-state index in [-0.39, 0.29) is 18.0 Å². The lowest BCUT2D eigenvalue weighted by Gasteiger charge is -2.02. The number of aromatic nitrogens is 2. The molecule has 0 unspecified atom stereocenters. The van der Waals surface area contributed by atoms with Gasteiger partial charge in [0, 0.05) is 11.5 Å². The maximum atomic E-state index is 12.4. The number of rotatable bonds is 4. The van der Waals surface area contributed by atoms with Gasteiger partial charge in [-0.05, 0) is 18.1 Å². The Morgan fingerprint density at radius 2 is 1.48 bits per heavy atom. The Labute approximate surface area is 139 Å². The van der Waals surface area contributed by atoms with E-state index < -0.39 is 0 Å². The third-order valence-electron chi connectivity index (χ3n) is 3.48. The zero-order chi connectivity index (χ0) is 15.5. The summed E-state index contributed by atoms with van der Waals surface area (Å²) in [6.07, 6.45) is 0. The van der Waals surface area contributed by atoms with E-state index in [1.54, 1.807) is 0 Å². The molecule has 0 fully saturated rings. The van der Waals surface area contributed by atoms with Crippen molar-refractivity contribution in [3.8, 4) is 0 Å². The van der Waals surface area contributed by atoms with Crippen LogP contribution >= 0.6 is 11.5 Å². The molecular formula is C18H20N2O2S. The van der Waals surface area contributed by atoms with Crippen LogP contribution in [0.3, 0.4) is 0 Å². The summed E-state index contributed by atoms with van der Waals surface area (Å²) in [5, 5.41) is 0. The number of nitrogens with zero attached hydrogens (tertiary/aromatic N) is 2. The third-order valence-corrected chi connectivity index (χ3v) is 4.37. The second-order valence-electron chi connectivity index (χ2n) is 5.23. The summed E-state index contributed by atoms with van der Waals surface area (Å²) in [6, 6.07) is 17.5. The highest BCUT2D eigenvalue weighted by atomic mass is 32.1. The van der Waals surface area contributed by atoms with Gasteiger partial charge in [0.25, 0.3) is 0 Å².